The van der Waals surface area contributed by atoms with Crippen molar-refractivity contribution in [1.82, 2.24) is 0 Å². The fraction of sp³-hybridized carbons (Fsp3) is 0.292. The molecular weight excluding hydrogens is 380 g/mol. The number of hydrogen-bond acceptors (Lipinski definition) is 5. The van der Waals surface area contributed by atoms with Gasteiger partial charge in [-0.1, -0.05) is 24.3 Å². The average molecular weight is 402 g/mol. The Balaban J connectivity index is 1.59. The molecule has 0 saturated heterocycles. The first-order valence-corrected chi connectivity index (χ1v) is 10.2. The quantitative estimate of drug-likeness (QED) is 0.833. The number of aliphatic imine (C=N–C) groups is 1. The molecular formula is C24H22N2O4. The van der Waals surface area contributed by atoms with E-state index in [0.717, 1.165) is 35.5 Å². The van der Waals surface area contributed by atoms with Crippen LogP contribution in [0.5, 0.6) is 11.5 Å². The number of carbonyl (C=O) groups is 2. The van der Waals surface area contributed by atoms with Gasteiger partial charge in [0.1, 0.15) is 0 Å². The first kappa shape index (κ1) is 18.6. The summed E-state index contributed by atoms with van der Waals surface area (Å²) in [6.07, 6.45) is 2.04. The zero-order valence-electron chi connectivity index (χ0n) is 16.7. The van der Waals surface area contributed by atoms with Crippen LogP contribution < -0.4 is 14.8 Å². The maximum Gasteiger partial charge on any atom is 0.234 e. The second kappa shape index (κ2) is 7.44. The van der Waals surface area contributed by atoms with Crippen LogP contribution in [0.3, 0.4) is 0 Å². The molecule has 2 heterocycles. The maximum absolute atomic E-state index is 13.4. The molecule has 2 aliphatic heterocycles. The van der Waals surface area contributed by atoms with Crippen molar-refractivity contribution >= 4 is 23.1 Å². The van der Waals surface area contributed by atoms with Gasteiger partial charge in [0, 0.05) is 35.0 Å². The minimum Gasteiger partial charge on any atom is -0.454 e. The Labute approximate surface area is 174 Å². The maximum atomic E-state index is 13.4. The molecule has 152 valence electrons. The van der Waals surface area contributed by atoms with E-state index in [1.165, 1.54) is 0 Å². The number of nitrogens with one attached hydrogen (secondary N) is 1. The molecule has 0 bridgehead atoms. The average Bonchev–Trinajstić information content (AvgIpc) is 3.21. The van der Waals surface area contributed by atoms with E-state index in [2.05, 4.69) is 5.32 Å². The van der Waals surface area contributed by atoms with Crippen LogP contribution in [-0.4, -0.2) is 24.2 Å². The smallest absolute Gasteiger partial charge is 0.234 e. The molecule has 6 heteroatoms. The number of anilines is 1. The Hall–Kier alpha value is -3.41. The molecule has 1 N–H and O–H groups in total. The van der Waals surface area contributed by atoms with Gasteiger partial charge in [-0.15, -0.1) is 0 Å². The number of fused-ring (bicyclic) bond motifs is 1. The molecule has 2 aromatic rings. The van der Waals surface area contributed by atoms with Crippen molar-refractivity contribution < 1.29 is 19.1 Å². The van der Waals surface area contributed by atoms with Gasteiger partial charge in [0.25, 0.3) is 0 Å². The topological polar surface area (TPSA) is 77.0 Å². The number of carbonyl (C=O) groups excluding carboxylic acids is 2. The first-order valence-electron chi connectivity index (χ1n) is 10.2. The van der Waals surface area contributed by atoms with E-state index in [9.17, 15) is 9.59 Å². The molecule has 0 radical (unpaired) electrons. The number of para-hydroxylation sites is 1. The monoisotopic (exact) mass is 402 g/mol. The third kappa shape index (κ3) is 3.18. The molecule has 2 atom stereocenters. The lowest BCUT2D eigenvalue weighted by Gasteiger charge is -2.35. The van der Waals surface area contributed by atoms with E-state index in [0.29, 0.717) is 23.5 Å². The number of amides is 1. The van der Waals surface area contributed by atoms with E-state index in [-0.39, 0.29) is 18.5 Å². The highest BCUT2D eigenvalue weighted by Gasteiger charge is 2.42. The van der Waals surface area contributed by atoms with Crippen molar-refractivity contribution in [3.8, 4) is 11.5 Å². The molecule has 30 heavy (non-hydrogen) atoms. The highest BCUT2D eigenvalue weighted by atomic mass is 16.7. The number of rotatable bonds is 3. The molecule has 6 nitrogen and oxygen atoms in total. The van der Waals surface area contributed by atoms with E-state index in [1.807, 2.05) is 55.5 Å². The SMILES string of the molecule is CC1=NC2=C(C(=O)CCC2)[C@@H](c2ccc3c(c2)OCO3)C1C(=O)Nc1ccccc1. The van der Waals surface area contributed by atoms with Gasteiger partial charge in [0.05, 0.1) is 5.92 Å². The number of hydrogen-bond donors (Lipinski definition) is 1. The molecule has 0 spiro atoms. The summed E-state index contributed by atoms with van der Waals surface area (Å²) in [7, 11) is 0. The molecule has 5 rings (SSSR count). The summed E-state index contributed by atoms with van der Waals surface area (Å²) in [4.78, 5) is 31.1. The Morgan fingerprint density at radius 1 is 1.07 bits per heavy atom. The van der Waals surface area contributed by atoms with Crippen LogP contribution in [0.2, 0.25) is 0 Å². The predicted molar refractivity (Wildman–Crippen MR) is 113 cm³/mol. The van der Waals surface area contributed by atoms with Crippen molar-refractivity contribution in [2.45, 2.75) is 32.1 Å². The number of allylic oxidation sites excluding steroid dienone is 2. The summed E-state index contributed by atoms with van der Waals surface area (Å²) in [5.74, 6) is 0.243. The van der Waals surface area contributed by atoms with Crippen molar-refractivity contribution in [2.24, 2.45) is 10.9 Å². The second-order valence-electron chi connectivity index (χ2n) is 7.81. The normalized spacial score (nSPS) is 22.4. The van der Waals surface area contributed by atoms with E-state index >= 15 is 0 Å². The van der Waals surface area contributed by atoms with Crippen LogP contribution in [0.4, 0.5) is 5.69 Å². The Morgan fingerprint density at radius 2 is 1.87 bits per heavy atom. The fourth-order valence-electron chi connectivity index (χ4n) is 4.55. The van der Waals surface area contributed by atoms with Gasteiger partial charge in [0.2, 0.25) is 12.7 Å². The molecule has 2 aromatic carbocycles. The number of Topliss-reactive ketones (excluding diaryl/α,β-unsaturated/α-hetero) is 1. The molecule has 0 fully saturated rings. The lowest BCUT2D eigenvalue weighted by Crippen LogP contribution is -2.39. The molecule has 1 amide bonds. The number of ether oxygens (including phenoxy) is 2. The van der Waals surface area contributed by atoms with Gasteiger partial charge in [0.15, 0.2) is 17.3 Å². The van der Waals surface area contributed by atoms with Crippen LogP contribution in [0.25, 0.3) is 0 Å². The van der Waals surface area contributed by atoms with E-state index in [1.54, 1.807) is 0 Å². The number of ketones is 1. The summed E-state index contributed by atoms with van der Waals surface area (Å²) in [5.41, 5.74) is 3.78. The zero-order valence-corrected chi connectivity index (χ0v) is 16.7. The third-order valence-electron chi connectivity index (χ3n) is 5.91. The molecule has 1 aliphatic carbocycles. The molecule has 0 saturated carbocycles. The summed E-state index contributed by atoms with van der Waals surface area (Å²) in [6, 6.07) is 15.0. The summed E-state index contributed by atoms with van der Waals surface area (Å²) in [5, 5.41) is 2.99. The highest BCUT2D eigenvalue weighted by Crippen LogP contribution is 2.45. The number of benzene rings is 2. The first-order chi connectivity index (χ1) is 14.6. The Kier molecular flexibility index (Phi) is 4.62. The Morgan fingerprint density at radius 3 is 2.70 bits per heavy atom. The molecule has 0 aromatic heterocycles. The van der Waals surface area contributed by atoms with Crippen molar-refractivity contribution in [2.75, 3.05) is 12.1 Å². The zero-order chi connectivity index (χ0) is 20.7. The van der Waals surface area contributed by atoms with Gasteiger partial charge in [-0.25, -0.2) is 0 Å². The molecule has 3 aliphatic rings. The van der Waals surface area contributed by atoms with Crippen molar-refractivity contribution in [3.05, 3.63) is 65.4 Å². The standard InChI is InChI=1S/C24H22N2O4/c1-14-21(24(28)26-16-6-3-2-4-7-16)22(23-17(25-14)8-5-9-18(23)27)15-10-11-19-20(12-15)30-13-29-19/h2-4,6-7,10-12,21-22H,5,8-9,13H2,1H3,(H,26,28)/t21?,22-/m0/s1. The van der Waals surface area contributed by atoms with Crippen LogP contribution in [-0.2, 0) is 9.59 Å². The van der Waals surface area contributed by atoms with Crippen molar-refractivity contribution in [1.29, 1.82) is 0 Å². The summed E-state index contributed by atoms with van der Waals surface area (Å²) >= 11 is 0. The van der Waals surface area contributed by atoms with Crippen LogP contribution in [0.15, 0.2) is 64.8 Å². The van der Waals surface area contributed by atoms with Gasteiger partial charge in [-0.05, 0) is 49.6 Å². The van der Waals surface area contributed by atoms with Crippen molar-refractivity contribution in [3.63, 3.8) is 0 Å². The van der Waals surface area contributed by atoms with Crippen LogP contribution >= 0.6 is 0 Å². The minimum atomic E-state index is -0.577. The number of nitrogens with zero attached hydrogens (tertiary/aromatic N) is 1. The van der Waals surface area contributed by atoms with Crippen LogP contribution in [0.1, 0.15) is 37.7 Å². The van der Waals surface area contributed by atoms with E-state index < -0.39 is 11.8 Å². The van der Waals surface area contributed by atoms with Gasteiger partial charge in [-0.3, -0.25) is 14.6 Å². The summed E-state index contributed by atoms with van der Waals surface area (Å²) < 4.78 is 11.0. The van der Waals surface area contributed by atoms with Crippen LogP contribution in [0, 0.1) is 5.92 Å². The van der Waals surface area contributed by atoms with Gasteiger partial charge >= 0.3 is 0 Å². The van der Waals surface area contributed by atoms with E-state index in [4.69, 9.17) is 14.5 Å². The molecule has 1 unspecified atom stereocenters. The lowest BCUT2D eigenvalue weighted by atomic mass is 9.71. The third-order valence-corrected chi connectivity index (χ3v) is 5.91. The predicted octanol–water partition coefficient (Wildman–Crippen LogP) is 4.24. The van der Waals surface area contributed by atoms with Gasteiger partial charge < -0.3 is 14.8 Å². The lowest BCUT2D eigenvalue weighted by molar-refractivity contribution is -0.119. The fourth-order valence-corrected chi connectivity index (χ4v) is 4.55. The largest absolute Gasteiger partial charge is 0.454 e. The summed E-state index contributed by atoms with van der Waals surface area (Å²) in [6.45, 7) is 2.05. The minimum absolute atomic E-state index is 0.0766. The highest BCUT2D eigenvalue weighted by molar-refractivity contribution is 6.13. The Bertz CT molecular complexity index is 1090. The van der Waals surface area contributed by atoms with Gasteiger partial charge in [-0.2, -0.15) is 0 Å². The second-order valence-corrected chi connectivity index (χ2v) is 7.81.